The number of likely N-dealkylation sites (tertiary alicyclic amines) is 2. The van der Waals surface area contributed by atoms with Crippen LogP contribution < -0.4 is 11.1 Å². The van der Waals surface area contributed by atoms with Gasteiger partial charge in [0.2, 0.25) is 0 Å². The molecule has 0 aliphatic carbocycles. The highest BCUT2D eigenvalue weighted by molar-refractivity contribution is 7.83. The number of nitrogens with two attached hydrogens (primary N) is 1. The fourth-order valence-corrected chi connectivity index (χ4v) is 5.53. The number of nitrogens with one attached hydrogen (secondary N) is 1. The van der Waals surface area contributed by atoms with Gasteiger partial charge in [-0.2, -0.15) is 9.94 Å². The molecule has 1 aromatic heterocycles. The number of amidine groups is 1. The zero-order chi connectivity index (χ0) is 33.1. The Bertz CT molecular complexity index is 1290. The highest BCUT2D eigenvalue weighted by Crippen LogP contribution is 2.50. The maximum Gasteiger partial charge on any atom is 0.493 e. The van der Waals surface area contributed by atoms with E-state index in [0.29, 0.717) is 36.8 Å². The molecule has 12 heteroatoms. The quantitative estimate of drug-likeness (QED) is 0.333. The molecule has 0 bridgehead atoms. The van der Waals surface area contributed by atoms with E-state index in [1.54, 1.807) is 24.8 Å². The zero-order valence-electron chi connectivity index (χ0n) is 28.2. The minimum absolute atomic E-state index is 0.140. The molecule has 3 saturated heterocycles. The lowest BCUT2D eigenvalue weighted by molar-refractivity contribution is -0.117. The van der Waals surface area contributed by atoms with Gasteiger partial charge < -0.3 is 20.3 Å². The molecule has 2 atom stereocenters. The highest BCUT2D eigenvalue weighted by atomic mass is 32.2. The van der Waals surface area contributed by atoms with Gasteiger partial charge in [0.1, 0.15) is 30.1 Å². The summed E-state index contributed by atoms with van der Waals surface area (Å²) in [5.41, 5.74) is 7.43. The van der Waals surface area contributed by atoms with Crippen LogP contribution in [0.25, 0.3) is 4.85 Å². The Morgan fingerprint density at radius 1 is 1.30 bits per heavy atom. The van der Waals surface area contributed by atoms with Gasteiger partial charge in [-0.05, 0) is 71.8 Å². The summed E-state index contributed by atoms with van der Waals surface area (Å²) in [6.07, 6.45) is 15.5. The van der Waals surface area contributed by atoms with Crippen LogP contribution in [0.1, 0.15) is 66.8 Å². The van der Waals surface area contributed by atoms with Gasteiger partial charge in [0.25, 0.3) is 0 Å². The van der Waals surface area contributed by atoms with E-state index in [0.717, 1.165) is 43.6 Å². The number of nitrogens with zero attached hydrogens (tertiary/aromatic N) is 7. The van der Waals surface area contributed by atoms with Crippen molar-refractivity contribution in [2.24, 2.45) is 21.1 Å². The van der Waals surface area contributed by atoms with Gasteiger partial charge in [-0.25, -0.2) is 10.3 Å². The molecule has 1 aromatic rings. The van der Waals surface area contributed by atoms with Crippen molar-refractivity contribution in [1.29, 1.82) is 0 Å². The predicted molar refractivity (Wildman–Crippen MR) is 186 cm³/mol. The molecule has 44 heavy (non-hydrogen) atoms. The maximum absolute atomic E-state index is 9.56. The lowest BCUT2D eigenvalue weighted by atomic mass is 9.73. The van der Waals surface area contributed by atoms with Gasteiger partial charge in [0, 0.05) is 41.3 Å². The largest absolute Gasteiger partial charge is 0.493 e. The summed E-state index contributed by atoms with van der Waals surface area (Å²) in [7, 11) is 1.54. The molecule has 11 nitrogen and oxygen atoms in total. The van der Waals surface area contributed by atoms with Crippen LogP contribution in [0.4, 0.5) is 5.69 Å². The van der Waals surface area contributed by atoms with Crippen LogP contribution in [0.5, 0.6) is 0 Å². The number of aromatic nitrogens is 2. The molecule has 244 valence electrons. The zero-order valence-corrected chi connectivity index (χ0v) is 29.0. The van der Waals surface area contributed by atoms with Gasteiger partial charge in [0.15, 0.2) is 0 Å². The molecule has 0 amide bonds. The Kier molecular flexibility index (Phi) is 14.0. The van der Waals surface area contributed by atoms with E-state index >= 15 is 0 Å². The number of fused-ring (bicyclic) bond motifs is 1. The van der Waals surface area contributed by atoms with Crippen LogP contribution in [-0.2, 0) is 15.5 Å². The monoisotopic (exact) mass is 628 g/mol. The highest BCUT2D eigenvalue weighted by Gasteiger charge is 2.54. The first-order chi connectivity index (χ1) is 20.8. The summed E-state index contributed by atoms with van der Waals surface area (Å²) < 4.78 is 17.8. The molecule has 0 spiro atoms. The molecular weight excluding hydrogens is 574 g/mol. The van der Waals surface area contributed by atoms with Crippen LogP contribution in [0.2, 0.25) is 0 Å². The van der Waals surface area contributed by atoms with Crippen LogP contribution in [-0.4, -0.2) is 93.0 Å². The molecule has 3 N–H and O–H groups in total. The van der Waals surface area contributed by atoms with Gasteiger partial charge in [-0.1, -0.05) is 38.4 Å². The van der Waals surface area contributed by atoms with Crippen molar-refractivity contribution < 1.29 is 8.95 Å². The Balaban J connectivity index is 0.00000104. The summed E-state index contributed by atoms with van der Waals surface area (Å²) in [5, 5.41) is 7.76. The lowest BCUT2D eigenvalue weighted by Gasteiger charge is -2.46. The van der Waals surface area contributed by atoms with Crippen molar-refractivity contribution >= 4 is 28.3 Å². The fraction of sp³-hybridized carbons (Fsp3) is 0.625. The van der Waals surface area contributed by atoms with Crippen molar-refractivity contribution in [3.8, 4) is 6.57 Å². The number of piperidine rings is 1. The Labute approximate surface area is 267 Å². The molecule has 4 heterocycles. The Morgan fingerprint density at radius 3 is 2.52 bits per heavy atom. The van der Waals surface area contributed by atoms with Gasteiger partial charge in [-0.3, -0.25) is 8.89 Å². The summed E-state index contributed by atoms with van der Waals surface area (Å²) in [5.74, 6) is 1.37. The first-order valence-corrected chi connectivity index (χ1v) is 17.2. The van der Waals surface area contributed by atoms with E-state index in [2.05, 4.69) is 69.4 Å². The number of guanidine groups is 1. The summed E-state index contributed by atoms with van der Waals surface area (Å²) in [6.45, 7) is 25.6. The molecule has 0 radical (unpaired) electrons. The Hall–Kier alpha value is -3.27. The second-order valence-electron chi connectivity index (χ2n) is 12.1. The maximum atomic E-state index is 9.56. The summed E-state index contributed by atoms with van der Waals surface area (Å²) in [4.78, 5) is 17.6. The first-order valence-electron chi connectivity index (χ1n) is 15.3. The molecular formula is C32H54N9O2S+. The minimum atomic E-state index is -0.611. The lowest BCUT2D eigenvalue weighted by Crippen LogP contribution is -2.51. The second kappa shape index (κ2) is 16.7. The van der Waals surface area contributed by atoms with Crippen molar-refractivity contribution in [1.82, 2.24) is 19.6 Å². The van der Waals surface area contributed by atoms with Crippen LogP contribution in [0.15, 0.2) is 58.7 Å². The van der Waals surface area contributed by atoms with E-state index in [4.69, 9.17) is 17.0 Å². The van der Waals surface area contributed by atoms with Crippen LogP contribution in [0.3, 0.4) is 0 Å². The number of ether oxygens (including phenoxy) is 1. The van der Waals surface area contributed by atoms with E-state index in [1.807, 2.05) is 43.9 Å². The van der Waals surface area contributed by atoms with Gasteiger partial charge >= 0.3 is 5.96 Å². The number of rotatable bonds is 6. The summed E-state index contributed by atoms with van der Waals surface area (Å²) >= 11 is 0. The van der Waals surface area contributed by atoms with Gasteiger partial charge in [0.05, 0.1) is 30.6 Å². The third kappa shape index (κ3) is 10.1. The molecule has 3 aliphatic rings. The third-order valence-electron chi connectivity index (χ3n) is 7.95. The molecule has 3 fully saturated rings. The van der Waals surface area contributed by atoms with Crippen molar-refractivity contribution in [2.75, 3.05) is 51.1 Å². The van der Waals surface area contributed by atoms with E-state index < -0.39 is 10.8 Å². The molecule has 0 aromatic carbocycles. The van der Waals surface area contributed by atoms with E-state index in [9.17, 15) is 4.21 Å². The smallest absolute Gasteiger partial charge is 0.384 e. The summed E-state index contributed by atoms with van der Waals surface area (Å²) in [6, 6.07) is 0.537. The van der Waals surface area contributed by atoms with E-state index in [-0.39, 0.29) is 17.1 Å². The molecule has 1 unspecified atom stereocenters. The standard InChI is InChI=1S/C28H42N9O.C2H6OS.C2H6/c1-8-9-25(29)33-20(2)36-17-21(28(5)19-38-27(3,4)14-24(28)36)15-31-26(30-6)34-22-16-32-37(18-22)23-10-12-35(7)13-11-23;1-4(2)3;1-2/h6,8-9,15-16,18,23-24H,2,10-14,17,19H2,1,3-5,7H3,(H2,29,33)(H,31,34);1-2H3;1-2H3/q+1;;/b9-8-,21-15+;;/t24-,28?;;/m0../s1. The van der Waals surface area contributed by atoms with Crippen LogP contribution in [0, 0.1) is 12.0 Å². The SMILES string of the molecule is C#[N+]C(=N/C=C1\CN(C(=C)/N=C(N)\C=C/C)[C@H]2CC(C)(C)OCC12C)Nc1cnn(C2CCN(C)CC2)c1.CC.CS(C)=O. The van der Waals surface area contributed by atoms with Crippen molar-refractivity contribution in [2.45, 2.75) is 78.5 Å². The average Bonchev–Trinajstić information content (AvgIpc) is 3.54. The number of anilines is 1. The van der Waals surface area contributed by atoms with E-state index in [1.165, 1.54) is 0 Å². The number of aliphatic imine (C=N–C) groups is 2. The fourth-order valence-electron chi connectivity index (χ4n) is 5.53. The number of hydrogen-bond donors (Lipinski definition) is 2. The molecule has 4 rings (SSSR count). The first kappa shape index (κ1) is 36.9. The van der Waals surface area contributed by atoms with Crippen LogP contribution >= 0.6 is 0 Å². The number of hydrogen-bond acceptors (Lipinski definition) is 7. The van der Waals surface area contributed by atoms with Crippen molar-refractivity contribution in [3.63, 3.8) is 0 Å². The Morgan fingerprint density at radius 2 is 1.93 bits per heavy atom. The van der Waals surface area contributed by atoms with Gasteiger partial charge in [-0.15, -0.1) is 0 Å². The third-order valence-corrected chi connectivity index (χ3v) is 7.95. The normalized spacial score (nSPS) is 25.2. The van der Waals surface area contributed by atoms with Crippen molar-refractivity contribution in [3.05, 3.63) is 53.6 Å². The minimum Gasteiger partial charge on any atom is -0.384 e. The molecule has 0 saturated carbocycles. The second-order valence-corrected chi connectivity index (χ2v) is 13.6. The average molecular weight is 629 g/mol. The number of allylic oxidation sites excluding steroid dienone is 1. The predicted octanol–water partition coefficient (Wildman–Crippen LogP) is 5.08. The molecule has 3 aliphatic heterocycles. The topological polar surface area (TPSA) is 118 Å².